The smallest absolute Gasteiger partial charge is 0.285 e. The van der Waals surface area contributed by atoms with Crippen molar-refractivity contribution >= 4 is 17.0 Å². The summed E-state index contributed by atoms with van der Waals surface area (Å²) in [7, 11) is 0. The molecule has 0 aromatic carbocycles. The Kier molecular flexibility index (Phi) is 4.16. The molecule has 1 fully saturated rings. The SMILES string of the molecule is CC#CC1(O)C(O)[C@@H]([C@@H](C)O)OC1n1cc(F)c2c(=O)n(N)c(N)nc21. The third-order valence-electron chi connectivity index (χ3n) is 4.34. The first-order chi connectivity index (χ1) is 12.1. The average molecular weight is 367 g/mol. The first-order valence-corrected chi connectivity index (χ1v) is 7.65. The summed E-state index contributed by atoms with van der Waals surface area (Å²) in [5, 5.41) is 30.6. The van der Waals surface area contributed by atoms with Crippen molar-refractivity contribution in [2.75, 3.05) is 11.6 Å². The van der Waals surface area contributed by atoms with Crippen molar-refractivity contribution in [3.8, 4) is 11.8 Å². The van der Waals surface area contributed by atoms with Gasteiger partial charge in [-0.15, -0.1) is 5.92 Å². The van der Waals surface area contributed by atoms with Crippen LogP contribution in [0, 0.1) is 17.7 Å². The molecule has 0 bridgehead atoms. The Hall–Kier alpha value is -2.65. The Morgan fingerprint density at radius 1 is 1.54 bits per heavy atom. The van der Waals surface area contributed by atoms with Gasteiger partial charge in [0.05, 0.1) is 6.10 Å². The van der Waals surface area contributed by atoms with E-state index in [9.17, 15) is 24.5 Å². The zero-order chi connectivity index (χ0) is 19.4. The van der Waals surface area contributed by atoms with Crippen molar-refractivity contribution in [1.29, 1.82) is 0 Å². The van der Waals surface area contributed by atoms with Gasteiger partial charge in [0.25, 0.3) is 5.56 Å². The Morgan fingerprint density at radius 2 is 2.19 bits per heavy atom. The van der Waals surface area contributed by atoms with Crippen molar-refractivity contribution < 1.29 is 24.4 Å². The number of rotatable bonds is 2. The van der Waals surface area contributed by atoms with Crippen LogP contribution < -0.4 is 17.1 Å². The maximum Gasteiger partial charge on any atom is 0.285 e. The lowest BCUT2D eigenvalue weighted by molar-refractivity contribution is -0.0846. The molecular weight excluding hydrogens is 349 g/mol. The fraction of sp³-hybridized carbons (Fsp3) is 0.467. The van der Waals surface area contributed by atoms with Crippen LogP contribution in [0.3, 0.4) is 0 Å². The van der Waals surface area contributed by atoms with Crippen LogP contribution in [0.2, 0.25) is 0 Å². The minimum Gasteiger partial charge on any atom is -0.391 e. The number of aliphatic hydroxyl groups is 3. The summed E-state index contributed by atoms with van der Waals surface area (Å²) in [5.41, 5.74) is 2.20. The lowest BCUT2D eigenvalue weighted by atomic mass is 9.93. The molecule has 3 heterocycles. The van der Waals surface area contributed by atoms with E-state index < -0.39 is 52.9 Å². The quantitative estimate of drug-likeness (QED) is 0.301. The van der Waals surface area contributed by atoms with E-state index in [0.717, 1.165) is 10.8 Å². The molecule has 1 aliphatic heterocycles. The molecule has 7 N–H and O–H groups in total. The largest absolute Gasteiger partial charge is 0.391 e. The summed E-state index contributed by atoms with van der Waals surface area (Å²) in [4.78, 5) is 16.0. The van der Waals surface area contributed by atoms with Crippen LogP contribution >= 0.6 is 0 Å². The molecule has 3 rings (SSSR count). The van der Waals surface area contributed by atoms with E-state index >= 15 is 0 Å². The summed E-state index contributed by atoms with van der Waals surface area (Å²) in [6.07, 6.45) is -4.57. The molecular formula is C15H18FN5O5. The molecule has 0 saturated carbocycles. The highest BCUT2D eigenvalue weighted by Crippen LogP contribution is 2.41. The molecule has 3 unspecified atom stereocenters. The molecule has 5 atom stereocenters. The first-order valence-electron chi connectivity index (χ1n) is 7.65. The van der Waals surface area contributed by atoms with Crippen LogP contribution in [-0.4, -0.2) is 53.5 Å². The van der Waals surface area contributed by atoms with Gasteiger partial charge in [0.15, 0.2) is 23.3 Å². The fourth-order valence-corrected chi connectivity index (χ4v) is 3.08. The third kappa shape index (κ3) is 2.35. The summed E-state index contributed by atoms with van der Waals surface area (Å²) in [6.45, 7) is 2.78. The molecule has 0 aliphatic carbocycles. The Bertz CT molecular complexity index is 990. The van der Waals surface area contributed by atoms with Gasteiger partial charge in [-0.1, -0.05) is 5.92 Å². The van der Waals surface area contributed by atoms with Crippen molar-refractivity contribution in [1.82, 2.24) is 14.2 Å². The number of fused-ring (bicyclic) bond motifs is 1. The molecule has 0 amide bonds. The van der Waals surface area contributed by atoms with E-state index in [-0.39, 0.29) is 5.65 Å². The van der Waals surface area contributed by atoms with Gasteiger partial charge in [0, 0.05) is 6.20 Å². The Morgan fingerprint density at radius 3 is 2.77 bits per heavy atom. The Balaban J connectivity index is 2.28. The Labute approximate surface area is 146 Å². The number of nitrogens with zero attached hydrogens (tertiary/aromatic N) is 3. The van der Waals surface area contributed by atoms with Crippen molar-refractivity contribution in [3.63, 3.8) is 0 Å². The second-order valence-corrected chi connectivity index (χ2v) is 6.07. The predicted octanol–water partition coefficient (Wildman–Crippen LogP) is -1.97. The van der Waals surface area contributed by atoms with Gasteiger partial charge < -0.3 is 31.6 Å². The van der Waals surface area contributed by atoms with Gasteiger partial charge in [0.1, 0.15) is 17.6 Å². The van der Waals surface area contributed by atoms with E-state index in [1.54, 1.807) is 0 Å². The van der Waals surface area contributed by atoms with Crippen molar-refractivity contribution in [2.45, 2.75) is 44.0 Å². The van der Waals surface area contributed by atoms with Gasteiger partial charge in [-0.05, 0) is 13.8 Å². The lowest BCUT2D eigenvalue weighted by Gasteiger charge is -2.26. The van der Waals surface area contributed by atoms with Gasteiger partial charge >= 0.3 is 0 Å². The first kappa shape index (κ1) is 18.2. The van der Waals surface area contributed by atoms with Crippen LogP contribution in [-0.2, 0) is 4.74 Å². The molecule has 2 aromatic heterocycles. The topological polar surface area (TPSA) is 162 Å². The van der Waals surface area contributed by atoms with Crippen LogP contribution in [0.1, 0.15) is 20.1 Å². The highest BCUT2D eigenvalue weighted by atomic mass is 19.1. The maximum absolute atomic E-state index is 14.4. The van der Waals surface area contributed by atoms with Crippen molar-refractivity contribution in [2.24, 2.45) is 0 Å². The minimum absolute atomic E-state index is 0.244. The summed E-state index contributed by atoms with van der Waals surface area (Å²) in [6, 6.07) is 0. The molecule has 140 valence electrons. The number of aromatic nitrogens is 3. The monoisotopic (exact) mass is 367 g/mol. The van der Waals surface area contributed by atoms with Crippen LogP contribution in [0.15, 0.2) is 11.0 Å². The van der Waals surface area contributed by atoms with Gasteiger partial charge in [-0.25, -0.2) is 4.39 Å². The van der Waals surface area contributed by atoms with E-state index in [2.05, 4.69) is 16.8 Å². The number of nitrogens with two attached hydrogens (primary N) is 2. The summed E-state index contributed by atoms with van der Waals surface area (Å²) in [5.74, 6) is 8.96. The lowest BCUT2D eigenvalue weighted by Crippen LogP contribution is -2.47. The highest BCUT2D eigenvalue weighted by molar-refractivity contribution is 5.77. The molecule has 0 radical (unpaired) electrons. The highest BCUT2D eigenvalue weighted by Gasteiger charge is 2.57. The number of ether oxygens (including phenoxy) is 1. The van der Waals surface area contributed by atoms with Crippen molar-refractivity contribution in [3.05, 3.63) is 22.4 Å². The molecule has 10 nitrogen and oxygen atoms in total. The number of aliphatic hydroxyl groups excluding tert-OH is 2. The fourth-order valence-electron chi connectivity index (χ4n) is 3.08. The zero-order valence-corrected chi connectivity index (χ0v) is 13.9. The molecule has 26 heavy (non-hydrogen) atoms. The van der Waals surface area contributed by atoms with Crippen LogP contribution in [0.5, 0.6) is 0 Å². The standard InChI is InChI=1S/C15H18FN5O5/c1-3-4-15(25)10(23)9(6(2)22)26-13(15)20-5-7(16)8-11(20)19-14(17)21(18)12(8)24/h5-6,9-10,13,22-23,25H,18H2,1-2H3,(H2,17,19)/t6-,9-,10?,13?,15?/m1/s1. The van der Waals surface area contributed by atoms with E-state index in [1.165, 1.54) is 13.8 Å². The second kappa shape index (κ2) is 5.96. The summed E-state index contributed by atoms with van der Waals surface area (Å²) < 4.78 is 21.4. The van der Waals surface area contributed by atoms with E-state index in [4.69, 9.17) is 16.3 Å². The normalized spacial score (nSPS) is 29.5. The number of hydrogen-bond donors (Lipinski definition) is 5. The number of halogens is 1. The maximum atomic E-state index is 14.4. The summed E-state index contributed by atoms with van der Waals surface area (Å²) >= 11 is 0. The molecule has 11 heteroatoms. The van der Waals surface area contributed by atoms with Gasteiger partial charge in [0.2, 0.25) is 5.95 Å². The second-order valence-electron chi connectivity index (χ2n) is 6.07. The third-order valence-corrected chi connectivity index (χ3v) is 4.34. The molecule has 1 saturated heterocycles. The van der Waals surface area contributed by atoms with E-state index in [1.807, 2.05) is 0 Å². The number of hydrogen-bond acceptors (Lipinski definition) is 8. The van der Waals surface area contributed by atoms with Gasteiger partial charge in [-0.2, -0.15) is 9.66 Å². The molecule has 1 aliphatic rings. The molecule has 0 spiro atoms. The predicted molar refractivity (Wildman–Crippen MR) is 88.5 cm³/mol. The molecule has 2 aromatic rings. The minimum atomic E-state index is -2.19. The van der Waals surface area contributed by atoms with Crippen LogP contribution in [0.25, 0.3) is 11.0 Å². The average Bonchev–Trinajstić information content (AvgIpc) is 3.01. The number of nitrogen functional groups attached to an aromatic ring is 2. The van der Waals surface area contributed by atoms with Crippen LogP contribution in [0.4, 0.5) is 10.3 Å². The zero-order valence-electron chi connectivity index (χ0n) is 13.9. The van der Waals surface area contributed by atoms with Gasteiger partial charge in [-0.3, -0.25) is 9.36 Å². The number of anilines is 1. The van der Waals surface area contributed by atoms with E-state index in [0.29, 0.717) is 4.68 Å².